The summed E-state index contributed by atoms with van der Waals surface area (Å²) in [5.74, 6) is 5.36. The molecule has 1 unspecified atom stereocenters. The summed E-state index contributed by atoms with van der Waals surface area (Å²) >= 11 is 13.0. The van der Waals surface area contributed by atoms with E-state index in [-0.39, 0.29) is 11.9 Å². The summed E-state index contributed by atoms with van der Waals surface area (Å²) in [6.45, 7) is 0. The van der Waals surface area contributed by atoms with Gasteiger partial charge in [0.15, 0.2) is 0 Å². The van der Waals surface area contributed by atoms with Gasteiger partial charge in [-0.15, -0.1) is 0 Å². The Morgan fingerprint density at radius 1 is 1.20 bits per heavy atom. The van der Waals surface area contributed by atoms with Gasteiger partial charge in [-0.05, 0) is 47.9 Å². The second-order valence-corrected chi connectivity index (χ2v) is 6.50. The van der Waals surface area contributed by atoms with Crippen LogP contribution in [-0.4, -0.2) is 0 Å². The highest BCUT2D eigenvalue weighted by molar-refractivity contribution is 9.10. The van der Waals surface area contributed by atoms with E-state index in [4.69, 9.17) is 17.4 Å². The van der Waals surface area contributed by atoms with Crippen molar-refractivity contribution in [3.05, 3.63) is 67.3 Å². The zero-order valence-electron chi connectivity index (χ0n) is 10.3. The Bertz CT molecular complexity index is 622. The normalized spacial score (nSPS) is 12.4. The zero-order valence-corrected chi connectivity index (χ0v) is 14.3. The van der Waals surface area contributed by atoms with Crippen molar-refractivity contribution in [3.63, 3.8) is 0 Å². The Morgan fingerprint density at radius 3 is 2.60 bits per heavy atom. The molecule has 0 aromatic heterocycles. The molecule has 1 atom stereocenters. The van der Waals surface area contributed by atoms with Crippen LogP contribution in [0.15, 0.2) is 45.3 Å². The fourth-order valence-electron chi connectivity index (χ4n) is 1.95. The van der Waals surface area contributed by atoms with Crippen LogP contribution < -0.4 is 11.3 Å². The van der Waals surface area contributed by atoms with Crippen LogP contribution in [0.2, 0.25) is 5.02 Å². The van der Waals surface area contributed by atoms with Crippen LogP contribution in [0, 0.1) is 5.82 Å². The molecular weight excluding hydrogens is 410 g/mol. The monoisotopic (exact) mass is 420 g/mol. The molecule has 0 aliphatic rings. The Kier molecular flexibility index (Phi) is 5.57. The average Bonchev–Trinajstić information content (AvgIpc) is 2.41. The Labute approximate surface area is 138 Å². The molecule has 0 amide bonds. The van der Waals surface area contributed by atoms with Gasteiger partial charge in [0.05, 0.1) is 6.04 Å². The molecule has 0 saturated carbocycles. The first-order valence-corrected chi connectivity index (χ1v) is 7.82. The van der Waals surface area contributed by atoms with Gasteiger partial charge in [0.1, 0.15) is 5.82 Å². The van der Waals surface area contributed by atoms with Gasteiger partial charge in [0, 0.05) is 14.0 Å². The molecule has 20 heavy (non-hydrogen) atoms. The Hall–Kier alpha value is -0.460. The lowest BCUT2D eigenvalue weighted by Gasteiger charge is -2.19. The highest BCUT2D eigenvalue weighted by atomic mass is 79.9. The second-order valence-electron chi connectivity index (χ2n) is 4.32. The number of nitrogens with one attached hydrogen (secondary N) is 1. The van der Waals surface area contributed by atoms with E-state index in [2.05, 4.69) is 37.3 Å². The van der Waals surface area contributed by atoms with Crippen LogP contribution in [0.3, 0.4) is 0 Å². The number of hydrazine groups is 1. The fraction of sp³-hybridized carbons (Fsp3) is 0.143. The molecule has 0 aliphatic heterocycles. The van der Waals surface area contributed by atoms with Gasteiger partial charge < -0.3 is 0 Å². The van der Waals surface area contributed by atoms with Crippen molar-refractivity contribution >= 4 is 43.5 Å². The molecule has 0 fully saturated rings. The Morgan fingerprint density at radius 2 is 1.95 bits per heavy atom. The van der Waals surface area contributed by atoms with Gasteiger partial charge in [0.2, 0.25) is 0 Å². The number of hydrogen-bond donors (Lipinski definition) is 2. The third kappa shape index (κ3) is 3.80. The van der Waals surface area contributed by atoms with Crippen LogP contribution in [0.5, 0.6) is 0 Å². The van der Waals surface area contributed by atoms with E-state index in [9.17, 15) is 4.39 Å². The van der Waals surface area contributed by atoms with Crippen LogP contribution in [-0.2, 0) is 6.42 Å². The molecule has 0 saturated heterocycles. The largest absolute Gasteiger partial charge is 0.271 e. The van der Waals surface area contributed by atoms with Crippen molar-refractivity contribution in [1.29, 1.82) is 0 Å². The van der Waals surface area contributed by atoms with Gasteiger partial charge in [-0.2, -0.15) is 0 Å². The van der Waals surface area contributed by atoms with Crippen LogP contribution in [0.1, 0.15) is 17.2 Å². The van der Waals surface area contributed by atoms with Crippen molar-refractivity contribution in [2.45, 2.75) is 12.5 Å². The van der Waals surface area contributed by atoms with E-state index in [0.29, 0.717) is 15.9 Å². The van der Waals surface area contributed by atoms with Gasteiger partial charge in [-0.1, -0.05) is 49.5 Å². The predicted molar refractivity (Wildman–Crippen MR) is 87.0 cm³/mol. The minimum Gasteiger partial charge on any atom is -0.271 e. The maximum absolute atomic E-state index is 13.1. The molecule has 0 spiro atoms. The molecule has 0 bridgehead atoms. The molecule has 0 aliphatic carbocycles. The van der Waals surface area contributed by atoms with E-state index in [1.54, 1.807) is 6.07 Å². The van der Waals surface area contributed by atoms with E-state index in [1.807, 2.05) is 18.2 Å². The van der Waals surface area contributed by atoms with Crippen LogP contribution >= 0.6 is 43.5 Å². The van der Waals surface area contributed by atoms with E-state index in [0.717, 1.165) is 15.6 Å². The second kappa shape index (κ2) is 7.00. The molecule has 2 aromatic carbocycles. The maximum atomic E-state index is 13.1. The first kappa shape index (κ1) is 15.9. The van der Waals surface area contributed by atoms with E-state index < -0.39 is 0 Å². The fourth-order valence-corrected chi connectivity index (χ4v) is 3.09. The van der Waals surface area contributed by atoms with Gasteiger partial charge in [-0.25, -0.2) is 4.39 Å². The van der Waals surface area contributed by atoms with Crippen molar-refractivity contribution in [2.75, 3.05) is 0 Å². The lowest BCUT2D eigenvalue weighted by molar-refractivity contribution is 0.549. The number of halogens is 4. The van der Waals surface area contributed by atoms with Gasteiger partial charge in [-0.3, -0.25) is 11.3 Å². The number of hydrogen-bond acceptors (Lipinski definition) is 2. The SMILES string of the molecule is NNC(Cc1ccc(F)cc1Br)c1cc(Br)ccc1Cl. The van der Waals surface area contributed by atoms with Crippen molar-refractivity contribution in [1.82, 2.24) is 5.43 Å². The molecule has 0 radical (unpaired) electrons. The first-order chi connectivity index (χ1) is 9.51. The summed E-state index contributed by atoms with van der Waals surface area (Å²) in [5.41, 5.74) is 4.59. The lowest BCUT2D eigenvalue weighted by atomic mass is 9.99. The zero-order chi connectivity index (χ0) is 14.7. The lowest BCUT2D eigenvalue weighted by Crippen LogP contribution is -2.30. The highest BCUT2D eigenvalue weighted by Crippen LogP contribution is 2.30. The standard InChI is InChI=1S/C14H12Br2ClFN2/c15-9-2-4-13(17)11(6-9)14(20-19)5-8-1-3-10(18)7-12(8)16/h1-4,6-7,14,20H,5,19H2. The summed E-state index contributed by atoms with van der Waals surface area (Å²) in [7, 11) is 0. The maximum Gasteiger partial charge on any atom is 0.124 e. The summed E-state index contributed by atoms with van der Waals surface area (Å²) in [6, 6.07) is 10.0. The summed E-state index contributed by atoms with van der Waals surface area (Å²) < 4.78 is 14.7. The number of benzene rings is 2. The molecular formula is C14H12Br2ClFN2. The highest BCUT2D eigenvalue weighted by Gasteiger charge is 2.16. The molecule has 2 aromatic rings. The van der Waals surface area contributed by atoms with Crippen molar-refractivity contribution < 1.29 is 4.39 Å². The number of rotatable bonds is 4. The summed E-state index contributed by atoms with van der Waals surface area (Å²) in [4.78, 5) is 0. The minimum atomic E-state index is -0.279. The van der Waals surface area contributed by atoms with Crippen molar-refractivity contribution in [3.8, 4) is 0 Å². The third-order valence-corrected chi connectivity index (χ3v) is 4.55. The van der Waals surface area contributed by atoms with Gasteiger partial charge in [0.25, 0.3) is 0 Å². The Balaban J connectivity index is 2.31. The average molecular weight is 423 g/mol. The van der Waals surface area contributed by atoms with E-state index >= 15 is 0 Å². The molecule has 106 valence electrons. The van der Waals surface area contributed by atoms with Gasteiger partial charge >= 0.3 is 0 Å². The molecule has 2 rings (SSSR count). The quantitative estimate of drug-likeness (QED) is 0.551. The molecule has 3 N–H and O–H groups in total. The number of nitrogens with two attached hydrogens (primary N) is 1. The van der Waals surface area contributed by atoms with Crippen LogP contribution in [0.4, 0.5) is 4.39 Å². The summed E-state index contributed by atoms with van der Waals surface area (Å²) in [5, 5.41) is 0.634. The molecule has 2 nitrogen and oxygen atoms in total. The minimum absolute atomic E-state index is 0.165. The summed E-state index contributed by atoms with van der Waals surface area (Å²) in [6.07, 6.45) is 0.591. The topological polar surface area (TPSA) is 38.0 Å². The first-order valence-electron chi connectivity index (χ1n) is 5.86. The molecule has 6 heteroatoms. The molecule has 0 heterocycles. The third-order valence-electron chi connectivity index (χ3n) is 2.97. The van der Waals surface area contributed by atoms with E-state index in [1.165, 1.54) is 12.1 Å². The van der Waals surface area contributed by atoms with Crippen LogP contribution in [0.25, 0.3) is 0 Å². The predicted octanol–water partition coefficient (Wildman–Crippen LogP) is 4.75. The smallest absolute Gasteiger partial charge is 0.124 e. The van der Waals surface area contributed by atoms with Crippen molar-refractivity contribution in [2.24, 2.45) is 5.84 Å².